The predicted molar refractivity (Wildman–Crippen MR) is 107 cm³/mol. The summed E-state index contributed by atoms with van der Waals surface area (Å²) in [5.41, 5.74) is 1.04. The number of morpholine rings is 1. The first-order valence-corrected chi connectivity index (χ1v) is 9.53. The molecular weight excluding hydrogens is 326 g/mol. The summed E-state index contributed by atoms with van der Waals surface area (Å²) < 4.78 is 5.41. The van der Waals surface area contributed by atoms with Gasteiger partial charge in [0.1, 0.15) is 11.6 Å². The fourth-order valence-electron chi connectivity index (χ4n) is 3.12. The lowest BCUT2D eigenvalue weighted by molar-refractivity contribution is 0.0398. The van der Waals surface area contributed by atoms with Crippen molar-refractivity contribution in [2.24, 2.45) is 0 Å². The van der Waals surface area contributed by atoms with Gasteiger partial charge in [0.2, 0.25) is 0 Å². The van der Waals surface area contributed by atoms with Crippen molar-refractivity contribution < 1.29 is 4.74 Å². The van der Waals surface area contributed by atoms with Crippen molar-refractivity contribution in [1.29, 1.82) is 0 Å². The van der Waals surface area contributed by atoms with Crippen LogP contribution in [0, 0.1) is 0 Å². The molecule has 1 aromatic heterocycles. The number of nitrogens with one attached hydrogen (secondary N) is 1. The summed E-state index contributed by atoms with van der Waals surface area (Å²) in [4.78, 5) is 14.2. The fourth-order valence-corrected chi connectivity index (χ4v) is 3.12. The molecule has 2 aromatic rings. The Bertz CT molecular complexity index is 669. The summed E-state index contributed by atoms with van der Waals surface area (Å²) in [6, 6.07) is 12.2. The standard InChI is InChI=1S/C20H29N5O/c1-3-25(4-2)19-16-18(21-10-11-24-12-14-26-15-13-24)22-20(23-19)17-8-6-5-7-9-17/h5-9,16H,3-4,10-15H2,1-2H3,(H,21,22,23). The van der Waals surface area contributed by atoms with Gasteiger partial charge in [0.25, 0.3) is 0 Å². The van der Waals surface area contributed by atoms with Crippen molar-refractivity contribution in [3.8, 4) is 11.4 Å². The van der Waals surface area contributed by atoms with E-state index in [1.165, 1.54) is 0 Å². The van der Waals surface area contributed by atoms with E-state index >= 15 is 0 Å². The molecule has 0 saturated carbocycles. The topological polar surface area (TPSA) is 53.5 Å². The van der Waals surface area contributed by atoms with E-state index in [4.69, 9.17) is 14.7 Å². The summed E-state index contributed by atoms with van der Waals surface area (Å²) in [6.45, 7) is 11.7. The van der Waals surface area contributed by atoms with Crippen molar-refractivity contribution in [3.63, 3.8) is 0 Å². The van der Waals surface area contributed by atoms with E-state index in [1.54, 1.807) is 0 Å². The van der Waals surface area contributed by atoms with Crippen LogP contribution in [0.15, 0.2) is 36.4 Å². The lowest BCUT2D eigenvalue weighted by Crippen LogP contribution is -2.39. The van der Waals surface area contributed by atoms with E-state index in [1.807, 2.05) is 18.2 Å². The third-order valence-corrected chi connectivity index (χ3v) is 4.67. The van der Waals surface area contributed by atoms with Gasteiger partial charge in [-0.15, -0.1) is 0 Å². The van der Waals surface area contributed by atoms with Crippen LogP contribution < -0.4 is 10.2 Å². The fraction of sp³-hybridized carbons (Fsp3) is 0.500. The molecule has 6 heteroatoms. The smallest absolute Gasteiger partial charge is 0.163 e. The van der Waals surface area contributed by atoms with Gasteiger partial charge in [-0.3, -0.25) is 4.90 Å². The molecule has 1 aromatic carbocycles. The first-order chi connectivity index (χ1) is 12.8. The average Bonchev–Trinajstić information content (AvgIpc) is 2.70. The molecule has 0 radical (unpaired) electrons. The van der Waals surface area contributed by atoms with Crippen molar-refractivity contribution in [1.82, 2.24) is 14.9 Å². The van der Waals surface area contributed by atoms with Crippen LogP contribution in [0.4, 0.5) is 11.6 Å². The summed E-state index contributed by atoms with van der Waals surface area (Å²) in [6.07, 6.45) is 0. The maximum Gasteiger partial charge on any atom is 0.163 e. The van der Waals surface area contributed by atoms with Gasteiger partial charge < -0.3 is 15.0 Å². The molecule has 0 bridgehead atoms. The number of anilines is 2. The quantitative estimate of drug-likeness (QED) is 0.786. The lowest BCUT2D eigenvalue weighted by Gasteiger charge is -2.26. The Labute approximate surface area is 156 Å². The molecule has 0 spiro atoms. The zero-order valence-electron chi connectivity index (χ0n) is 15.8. The van der Waals surface area contributed by atoms with Crippen LogP contribution in [0.5, 0.6) is 0 Å². The number of hydrogen-bond donors (Lipinski definition) is 1. The zero-order chi connectivity index (χ0) is 18.2. The summed E-state index contributed by atoms with van der Waals surface area (Å²) in [5.74, 6) is 2.62. The first-order valence-electron chi connectivity index (χ1n) is 9.53. The lowest BCUT2D eigenvalue weighted by atomic mass is 10.2. The van der Waals surface area contributed by atoms with E-state index in [-0.39, 0.29) is 0 Å². The van der Waals surface area contributed by atoms with Gasteiger partial charge in [0.05, 0.1) is 13.2 Å². The van der Waals surface area contributed by atoms with Crippen molar-refractivity contribution in [2.45, 2.75) is 13.8 Å². The van der Waals surface area contributed by atoms with Crippen molar-refractivity contribution >= 4 is 11.6 Å². The second-order valence-corrected chi connectivity index (χ2v) is 6.35. The van der Waals surface area contributed by atoms with Crippen LogP contribution in [0.1, 0.15) is 13.8 Å². The van der Waals surface area contributed by atoms with Crippen LogP contribution in [-0.2, 0) is 4.74 Å². The Kier molecular flexibility index (Phi) is 6.80. The van der Waals surface area contributed by atoms with Crippen LogP contribution in [0.25, 0.3) is 11.4 Å². The Morgan fingerprint density at radius 2 is 1.81 bits per heavy atom. The minimum atomic E-state index is 0.767. The highest BCUT2D eigenvalue weighted by Gasteiger charge is 2.12. The molecule has 0 aliphatic carbocycles. The van der Waals surface area contributed by atoms with Crippen molar-refractivity contribution in [3.05, 3.63) is 36.4 Å². The largest absolute Gasteiger partial charge is 0.379 e. The molecule has 0 amide bonds. The number of hydrogen-bond acceptors (Lipinski definition) is 6. The second-order valence-electron chi connectivity index (χ2n) is 6.35. The summed E-state index contributed by atoms with van der Waals surface area (Å²) in [7, 11) is 0. The highest BCUT2D eigenvalue weighted by atomic mass is 16.5. The molecule has 2 heterocycles. The van der Waals surface area contributed by atoms with E-state index in [2.05, 4.69) is 47.2 Å². The number of nitrogens with zero attached hydrogens (tertiary/aromatic N) is 4. The van der Waals surface area contributed by atoms with Crippen LogP contribution in [-0.4, -0.2) is 67.4 Å². The Morgan fingerprint density at radius 1 is 1.08 bits per heavy atom. The van der Waals surface area contributed by atoms with Crippen LogP contribution in [0.2, 0.25) is 0 Å². The molecule has 6 nitrogen and oxygen atoms in total. The maximum absolute atomic E-state index is 5.41. The maximum atomic E-state index is 5.41. The Morgan fingerprint density at radius 3 is 2.50 bits per heavy atom. The molecule has 26 heavy (non-hydrogen) atoms. The molecule has 140 valence electrons. The van der Waals surface area contributed by atoms with Gasteiger partial charge in [-0.1, -0.05) is 30.3 Å². The van der Waals surface area contributed by atoms with Crippen LogP contribution in [0.3, 0.4) is 0 Å². The molecule has 1 saturated heterocycles. The molecule has 1 fully saturated rings. The second kappa shape index (κ2) is 9.50. The number of rotatable bonds is 8. The van der Waals surface area contributed by atoms with Gasteiger partial charge in [-0.25, -0.2) is 9.97 Å². The minimum Gasteiger partial charge on any atom is -0.379 e. The van der Waals surface area contributed by atoms with Crippen LogP contribution >= 0.6 is 0 Å². The normalized spacial score (nSPS) is 15.0. The number of aromatic nitrogens is 2. The molecule has 0 atom stereocenters. The number of benzene rings is 1. The molecule has 3 rings (SSSR count). The molecule has 1 aliphatic rings. The molecule has 0 unspecified atom stereocenters. The van der Waals surface area contributed by atoms with Gasteiger partial charge in [0, 0.05) is 50.9 Å². The van der Waals surface area contributed by atoms with Gasteiger partial charge in [0.15, 0.2) is 5.82 Å². The van der Waals surface area contributed by atoms with Gasteiger partial charge >= 0.3 is 0 Å². The zero-order valence-corrected chi connectivity index (χ0v) is 15.8. The minimum absolute atomic E-state index is 0.767. The van der Waals surface area contributed by atoms with Crippen molar-refractivity contribution in [2.75, 3.05) is 62.7 Å². The SMILES string of the molecule is CCN(CC)c1cc(NCCN2CCOCC2)nc(-c2ccccc2)n1. The highest BCUT2D eigenvalue weighted by Crippen LogP contribution is 2.22. The van der Waals surface area contributed by atoms with Gasteiger partial charge in [-0.2, -0.15) is 0 Å². The third kappa shape index (κ3) is 4.93. The predicted octanol–water partition coefficient (Wildman–Crippen LogP) is 2.73. The van der Waals surface area contributed by atoms with Gasteiger partial charge in [-0.05, 0) is 13.8 Å². The average molecular weight is 355 g/mol. The first kappa shape index (κ1) is 18.6. The third-order valence-electron chi connectivity index (χ3n) is 4.67. The highest BCUT2D eigenvalue weighted by molar-refractivity contribution is 5.61. The van der Waals surface area contributed by atoms with E-state index < -0.39 is 0 Å². The van der Waals surface area contributed by atoms with E-state index in [0.29, 0.717) is 0 Å². The monoisotopic (exact) mass is 355 g/mol. The number of ether oxygens (including phenoxy) is 1. The molecular formula is C20H29N5O. The Hall–Kier alpha value is -2.18. The van der Waals surface area contributed by atoms with E-state index in [0.717, 1.165) is 75.5 Å². The summed E-state index contributed by atoms with van der Waals surface area (Å²) in [5, 5.41) is 3.49. The molecule has 1 aliphatic heterocycles. The summed E-state index contributed by atoms with van der Waals surface area (Å²) >= 11 is 0. The Balaban J connectivity index is 1.75. The van der Waals surface area contributed by atoms with E-state index in [9.17, 15) is 0 Å². The molecule has 1 N–H and O–H groups in total.